The van der Waals surface area contributed by atoms with Crippen LogP contribution in [-0.2, 0) is 12.8 Å². The molecule has 0 bridgehead atoms. The van der Waals surface area contributed by atoms with Crippen molar-refractivity contribution in [3.05, 3.63) is 47.5 Å². The second-order valence-electron chi connectivity index (χ2n) is 7.66. The zero-order chi connectivity index (χ0) is 16.2. The first-order valence-corrected chi connectivity index (χ1v) is 11.7. The largest absolute Gasteiger partial charge is 0.374 e. The molecule has 0 N–H and O–H groups in total. The summed E-state index contributed by atoms with van der Waals surface area (Å²) in [4.78, 5) is 4.81. The molecule has 0 amide bonds. The fourth-order valence-corrected chi connectivity index (χ4v) is 6.35. The van der Waals surface area contributed by atoms with Gasteiger partial charge in [0, 0.05) is 38.6 Å². The lowest BCUT2D eigenvalue weighted by Gasteiger charge is -2.26. The molecule has 2 aromatic carbocycles. The summed E-state index contributed by atoms with van der Waals surface area (Å²) in [5.41, 5.74) is 5.91. The Kier molecular flexibility index (Phi) is 3.31. The van der Waals surface area contributed by atoms with Gasteiger partial charge >= 0.3 is 0 Å². The Hall–Kier alpha value is -1.74. The molecule has 23 heavy (non-hydrogen) atoms. The standard InChI is InChI=1S/C20H26N2Si/c1-21-11-9-15-5-7-17(13-19(15)21)23(3,4)18-8-6-16-10-12-22(2)20(16)14-18/h5-8,13-14H,9-12H2,1-4H3. The fourth-order valence-electron chi connectivity index (χ4n) is 4.02. The molecule has 2 aliphatic heterocycles. The lowest BCUT2D eigenvalue weighted by atomic mass is 10.2. The van der Waals surface area contributed by atoms with Gasteiger partial charge in [-0.1, -0.05) is 47.7 Å². The number of fused-ring (bicyclic) bond motifs is 2. The molecular formula is C20H26N2Si. The van der Waals surface area contributed by atoms with Gasteiger partial charge < -0.3 is 9.80 Å². The number of anilines is 2. The van der Waals surface area contributed by atoms with Crippen molar-refractivity contribution in [3.63, 3.8) is 0 Å². The third-order valence-corrected chi connectivity index (χ3v) is 9.38. The average molecular weight is 323 g/mol. The van der Waals surface area contributed by atoms with E-state index >= 15 is 0 Å². The van der Waals surface area contributed by atoms with Crippen LogP contribution in [0.1, 0.15) is 11.1 Å². The number of hydrogen-bond donors (Lipinski definition) is 0. The van der Waals surface area contributed by atoms with Crippen molar-refractivity contribution in [2.24, 2.45) is 0 Å². The van der Waals surface area contributed by atoms with Gasteiger partial charge in [0.2, 0.25) is 0 Å². The molecule has 2 nitrogen and oxygen atoms in total. The molecule has 4 rings (SSSR count). The summed E-state index contributed by atoms with van der Waals surface area (Å²) < 4.78 is 0. The normalized spacial score (nSPS) is 16.7. The van der Waals surface area contributed by atoms with Gasteiger partial charge in [-0.3, -0.25) is 0 Å². The molecule has 3 heteroatoms. The number of hydrogen-bond acceptors (Lipinski definition) is 2. The van der Waals surface area contributed by atoms with Crippen LogP contribution in [0.5, 0.6) is 0 Å². The SMILES string of the molecule is CN1CCc2ccc([Si](C)(C)c3ccc4c(c3)N(C)CC4)cc21. The van der Waals surface area contributed by atoms with Crippen molar-refractivity contribution in [1.82, 2.24) is 0 Å². The molecule has 0 saturated heterocycles. The predicted octanol–water partition coefficient (Wildman–Crippen LogP) is 2.49. The predicted molar refractivity (Wildman–Crippen MR) is 104 cm³/mol. The van der Waals surface area contributed by atoms with Crippen LogP contribution in [0.4, 0.5) is 11.4 Å². The third-order valence-electron chi connectivity index (χ3n) is 5.87. The van der Waals surface area contributed by atoms with Crippen molar-refractivity contribution in [1.29, 1.82) is 0 Å². The smallest absolute Gasteiger partial charge is 0.112 e. The Morgan fingerprint density at radius 3 is 1.61 bits per heavy atom. The van der Waals surface area contributed by atoms with Gasteiger partial charge in [-0.15, -0.1) is 0 Å². The van der Waals surface area contributed by atoms with E-state index in [1.807, 2.05) is 0 Å². The maximum atomic E-state index is 2.49. The van der Waals surface area contributed by atoms with Gasteiger partial charge in [-0.05, 0) is 36.1 Å². The summed E-state index contributed by atoms with van der Waals surface area (Å²) in [6.07, 6.45) is 2.38. The molecule has 2 heterocycles. The van der Waals surface area contributed by atoms with Crippen LogP contribution in [0, 0.1) is 0 Å². The highest BCUT2D eigenvalue weighted by Crippen LogP contribution is 2.28. The van der Waals surface area contributed by atoms with Crippen LogP contribution in [0.15, 0.2) is 36.4 Å². The summed E-state index contributed by atoms with van der Waals surface area (Å²) in [6.45, 7) is 7.29. The van der Waals surface area contributed by atoms with E-state index in [0.717, 1.165) is 13.1 Å². The van der Waals surface area contributed by atoms with Gasteiger partial charge in [0.25, 0.3) is 0 Å². The van der Waals surface area contributed by atoms with Gasteiger partial charge in [-0.25, -0.2) is 0 Å². The lowest BCUT2D eigenvalue weighted by Crippen LogP contribution is -2.53. The molecular weight excluding hydrogens is 296 g/mol. The summed E-state index contributed by atoms with van der Waals surface area (Å²) >= 11 is 0. The van der Waals surface area contributed by atoms with E-state index in [1.165, 1.54) is 35.3 Å². The summed E-state index contributed by atoms with van der Waals surface area (Å²) in [7, 11) is 2.78. The molecule has 2 aliphatic rings. The molecule has 0 aromatic heterocycles. The van der Waals surface area contributed by atoms with E-state index in [4.69, 9.17) is 0 Å². The zero-order valence-corrected chi connectivity index (χ0v) is 15.7. The number of benzene rings is 2. The molecule has 0 fully saturated rings. The second kappa shape index (κ2) is 5.13. The number of likely N-dealkylation sites (N-methyl/N-ethyl adjacent to an activating group) is 2. The van der Waals surface area contributed by atoms with Crippen LogP contribution in [-0.4, -0.2) is 35.3 Å². The van der Waals surface area contributed by atoms with Crippen molar-refractivity contribution in [3.8, 4) is 0 Å². The van der Waals surface area contributed by atoms with Crippen molar-refractivity contribution in [2.75, 3.05) is 37.0 Å². The Morgan fingerprint density at radius 2 is 1.17 bits per heavy atom. The highest BCUT2D eigenvalue weighted by atomic mass is 28.3. The first-order valence-electron chi connectivity index (χ1n) is 8.66. The molecule has 120 valence electrons. The van der Waals surface area contributed by atoms with E-state index in [9.17, 15) is 0 Å². The van der Waals surface area contributed by atoms with E-state index in [0.29, 0.717) is 0 Å². The highest BCUT2D eigenvalue weighted by molar-refractivity contribution is 7.00. The highest BCUT2D eigenvalue weighted by Gasteiger charge is 2.29. The van der Waals surface area contributed by atoms with Crippen LogP contribution in [0.3, 0.4) is 0 Å². The molecule has 0 atom stereocenters. The molecule has 0 spiro atoms. The minimum atomic E-state index is -1.65. The zero-order valence-electron chi connectivity index (χ0n) is 14.7. The minimum Gasteiger partial charge on any atom is -0.374 e. The summed E-state index contributed by atoms with van der Waals surface area (Å²) in [6, 6.07) is 14.4. The van der Waals surface area contributed by atoms with E-state index in [1.54, 1.807) is 10.4 Å². The number of rotatable bonds is 2. The molecule has 0 saturated carbocycles. The Labute approximate surface area is 140 Å². The van der Waals surface area contributed by atoms with Gasteiger partial charge in [0.15, 0.2) is 0 Å². The monoisotopic (exact) mass is 322 g/mol. The molecule has 0 unspecified atom stereocenters. The Bertz CT molecular complexity index is 703. The van der Waals surface area contributed by atoms with Crippen molar-refractivity contribution < 1.29 is 0 Å². The van der Waals surface area contributed by atoms with Gasteiger partial charge in [0.05, 0.1) is 0 Å². The maximum Gasteiger partial charge on any atom is 0.112 e. The fraction of sp³-hybridized carbons (Fsp3) is 0.400. The minimum absolute atomic E-state index is 1.16. The number of nitrogens with zero attached hydrogens (tertiary/aromatic N) is 2. The second-order valence-corrected chi connectivity index (χ2v) is 12.1. The molecule has 2 aromatic rings. The first kappa shape index (κ1) is 14.8. The lowest BCUT2D eigenvalue weighted by molar-refractivity contribution is 0.956. The van der Waals surface area contributed by atoms with Crippen LogP contribution < -0.4 is 20.2 Å². The summed E-state index contributed by atoms with van der Waals surface area (Å²) in [5.74, 6) is 0. The third kappa shape index (κ3) is 2.29. The quantitative estimate of drug-likeness (QED) is 0.784. The molecule has 0 radical (unpaired) electrons. The van der Waals surface area contributed by atoms with Gasteiger partial charge in [-0.2, -0.15) is 0 Å². The van der Waals surface area contributed by atoms with Crippen molar-refractivity contribution >= 4 is 29.8 Å². The van der Waals surface area contributed by atoms with Crippen LogP contribution in [0.2, 0.25) is 13.1 Å². The van der Waals surface area contributed by atoms with E-state index < -0.39 is 8.07 Å². The average Bonchev–Trinajstić information content (AvgIpc) is 3.11. The van der Waals surface area contributed by atoms with Crippen LogP contribution in [0.25, 0.3) is 0 Å². The molecule has 0 aliphatic carbocycles. The van der Waals surface area contributed by atoms with Crippen molar-refractivity contribution in [2.45, 2.75) is 25.9 Å². The van der Waals surface area contributed by atoms with Gasteiger partial charge in [0.1, 0.15) is 8.07 Å². The topological polar surface area (TPSA) is 6.48 Å². The Morgan fingerprint density at radius 1 is 0.739 bits per heavy atom. The summed E-state index contributed by atoms with van der Waals surface area (Å²) in [5, 5.41) is 3.09. The maximum absolute atomic E-state index is 2.49. The Balaban J connectivity index is 1.76. The first-order chi connectivity index (χ1) is 11.0. The van der Waals surface area contributed by atoms with Crippen LogP contribution >= 0.6 is 0 Å². The van der Waals surface area contributed by atoms with E-state index in [-0.39, 0.29) is 0 Å². The van der Waals surface area contributed by atoms with E-state index in [2.05, 4.69) is 73.4 Å².